The van der Waals surface area contributed by atoms with Crippen LogP contribution in [0.25, 0.3) is 0 Å². The van der Waals surface area contributed by atoms with Crippen molar-refractivity contribution in [2.45, 2.75) is 51.0 Å². The first kappa shape index (κ1) is 17.1. The molecule has 2 fully saturated rings. The highest BCUT2D eigenvalue weighted by atomic mass is 35.5. The van der Waals surface area contributed by atoms with E-state index in [1.165, 1.54) is 57.2 Å². The maximum absolute atomic E-state index is 6.07. The van der Waals surface area contributed by atoms with Crippen molar-refractivity contribution in [3.63, 3.8) is 0 Å². The molecule has 0 bridgehead atoms. The molecule has 3 nitrogen and oxygen atoms in total. The third-order valence-electron chi connectivity index (χ3n) is 6.21. The van der Waals surface area contributed by atoms with Gasteiger partial charge in [-0.25, -0.2) is 4.98 Å². The predicted octanol–water partition coefficient (Wildman–Crippen LogP) is 4.73. The molecule has 1 aliphatic carbocycles. The average molecular weight is 358 g/mol. The van der Waals surface area contributed by atoms with Gasteiger partial charge in [0.05, 0.1) is 12.0 Å². The number of aryl methyl sites for hydroxylation is 1. The van der Waals surface area contributed by atoms with E-state index in [0.717, 1.165) is 30.0 Å². The second kappa shape index (κ2) is 7.92. The maximum Gasteiger partial charge on any atom is 0.150 e. The van der Waals surface area contributed by atoms with Crippen LogP contribution in [0.5, 0.6) is 0 Å². The molecule has 1 saturated heterocycles. The molecule has 134 valence electrons. The number of halogens is 1. The molecule has 0 spiro atoms. The Balaban J connectivity index is 1.25. The maximum atomic E-state index is 6.07. The Hall–Kier alpha value is -1.32. The van der Waals surface area contributed by atoms with Crippen LogP contribution in [0.15, 0.2) is 36.7 Å². The Morgan fingerprint density at radius 3 is 2.84 bits per heavy atom. The van der Waals surface area contributed by atoms with Crippen LogP contribution >= 0.6 is 11.6 Å². The van der Waals surface area contributed by atoms with E-state index < -0.39 is 0 Å². The standard InChI is InChI=1S/C21H28ClN3/c22-21-19(23-15-24-21)7-4-11-25-12-10-18-14-17(8-9-20(18)25)13-16-5-2-1-3-6-16/h1-3,5-6,15,17-18,20H,4,7-14H2,(H,23,24)/t17-,18+,20-/m0/s1. The number of hydrogen-bond acceptors (Lipinski definition) is 2. The molecular formula is C21H28ClN3. The minimum absolute atomic E-state index is 0.640. The fourth-order valence-corrected chi connectivity index (χ4v) is 5.18. The molecule has 2 heterocycles. The molecular weight excluding hydrogens is 330 g/mol. The smallest absolute Gasteiger partial charge is 0.150 e. The van der Waals surface area contributed by atoms with Crippen molar-refractivity contribution in [3.8, 4) is 0 Å². The number of aromatic nitrogens is 2. The number of nitrogens with zero attached hydrogens (tertiary/aromatic N) is 2. The number of nitrogens with one attached hydrogen (secondary N) is 1. The van der Waals surface area contributed by atoms with E-state index >= 15 is 0 Å². The van der Waals surface area contributed by atoms with Crippen LogP contribution in [-0.2, 0) is 12.8 Å². The van der Waals surface area contributed by atoms with Crippen LogP contribution < -0.4 is 0 Å². The summed E-state index contributed by atoms with van der Waals surface area (Å²) < 4.78 is 0. The fraction of sp³-hybridized carbons (Fsp3) is 0.571. The Morgan fingerprint density at radius 2 is 2.04 bits per heavy atom. The molecule has 1 N–H and O–H groups in total. The monoisotopic (exact) mass is 357 g/mol. The van der Waals surface area contributed by atoms with E-state index in [4.69, 9.17) is 11.6 Å². The lowest BCUT2D eigenvalue weighted by molar-refractivity contribution is 0.150. The lowest BCUT2D eigenvalue weighted by Gasteiger charge is -2.36. The number of fused-ring (bicyclic) bond motifs is 1. The summed E-state index contributed by atoms with van der Waals surface area (Å²) in [5, 5.41) is 0.640. The van der Waals surface area contributed by atoms with E-state index in [1.54, 1.807) is 6.33 Å². The summed E-state index contributed by atoms with van der Waals surface area (Å²) in [6.45, 7) is 2.48. The van der Waals surface area contributed by atoms with Gasteiger partial charge in [-0.1, -0.05) is 41.9 Å². The molecule has 0 radical (unpaired) electrons. The van der Waals surface area contributed by atoms with Gasteiger partial charge in [0, 0.05) is 6.04 Å². The first-order valence-electron chi connectivity index (χ1n) is 9.75. The van der Waals surface area contributed by atoms with Crippen LogP contribution in [0.1, 0.15) is 43.4 Å². The molecule has 2 aromatic rings. The van der Waals surface area contributed by atoms with Gasteiger partial charge in [-0.15, -0.1) is 0 Å². The summed E-state index contributed by atoms with van der Waals surface area (Å²) >= 11 is 6.07. The second-order valence-corrected chi connectivity index (χ2v) is 8.15. The van der Waals surface area contributed by atoms with E-state index in [-0.39, 0.29) is 0 Å². The largest absolute Gasteiger partial charge is 0.347 e. The van der Waals surface area contributed by atoms with E-state index in [1.807, 2.05) is 0 Å². The Labute approximate surface area is 155 Å². The zero-order valence-corrected chi connectivity index (χ0v) is 15.6. The topological polar surface area (TPSA) is 31.9 Å². The number of aromatic amines is 1. The van der Waals surface area contributed by atoms with Crippen molar-refractivity contribution in [3.05, 3.63) is 53.1 Å². The van der Waals surface area contributed by atoms with Gasteiger partial charge in [0.1, 0.15) is 5.15 Å². The summed E-state index contributed by atoms with van der Waals surface area (Å²) in [6, 6.07) is 11.9. The van der Waals surface area contributed by atoms with Crippen molar-refractivity contribution in [1.82, 2.24) is 14.9 Å². The first-order valence-corrected chi connectivity index (χ1v) is 10.1. The number of benzene rings is 1. The summed E-state index contributed by atoms with van der Waals surface area (Å²) in [6.07, 6.45) is 10.7. The average Bonchev–Trinajstić information content (AvgIpc) is 3.22. The van der Waals surface area contributed by atoms with Gasteiger partial charge in [0.15, 0.2) is 0 Å². The normalized spacial score (nSPS) is 26.7. The van der Waals surface area contributed by atoms with Gasteiger partial charge >= 0.3 is 0 Å². The van der Waals surface area contributed by atoms with Crippen LogP contribution in [0.3, 0.4) is 0 Å². The van der Waals surface area contributed by atoms with Gasteiger partial charge in [0.25, 0.3) is 0 Å². The SMILES string of the molecule is Clc1nc[nH]c1CCCN1CC[C@@H]2C[C@H](Cc3ccccc3)CC[C@@H]21. The molecule has 2 aliphatic rings. The predicted molar refractivity (Wildman–Crippen MR) is 103 cm³/mol. The molecule has 25 heavy (non-hydrogen) atoms. The number of rotatable bonds is 6. The number of likely N-dealkylation sites (tertiary alicyclic amines) is 1. The second-order valence-electron chi connectivity index (χ2n) is 7.80. The molecule has 4 heteroatoms. The minimum atomic E-state index is 0.640. The van der Waals surface area contributed by atoms with Gasteiger partial charge in [0.2, 0.25) is 0 Å². The third-order valence-corrected chi connectivity index (χ3v) is 6.54. The van der Waals surface area contributed by atoms with Crippen LogP contribution in [-0.4, -0.2) is 34.0 Å². The molecule has 0 unspecified atom stereocenters. The van der Waals surface area contributed by atoms with Gasteiger partial charge < -0.3 is 9.88 Å². The fourth-order valence-electron chi connectivity index (χ4n) is 4.98. The Morgan fingerprint density at radius 1 is 1.16 bits per heavy atom. The van der Waals surface area contributed by atoms with Crippen molar-refractivity contribution in [2.24, 2.45) is 11.8 Å². The molecule has 1 aromatic heterocycles. The number of hydrogen-bond donors (Lipinski definition) is 1. The van der Waals surface area contributed by atoms with Gasteiger partial charge in [-0.05, 0) is 75.4 Å². The van der Waals surface area contributed by atoms with Gasteiger partial charge in [-0.3, -0.25) is 0 Å². The third kappa shape index (κ3) is 4.09. The van der Waals surface area contributed by atoms with Crippen LogP contribution in [0.2, 0.25) is 5.15 Å². The molecule has 1 aliphatic heterocycles. The number of imidazole rings is 1. The highest BCUT2D eigenvalue weighted by Gasteiger charge is 2.38. The summed E-state index contributed by atoms with van der Waals surface area (Å²) in [7, 11) is 0. The van der Waals surface area contributed by atoms with E-state index in [0.29, 0.717) is 5.15 Å². The highest BCUT2D eigenvalue weighted by Crippen LogP contribution is 2.40. The quantitative estimate of drug-likeness (QED) is 0.810. The molecule has 4 rings (SSSR count). The first-order chi connectivity index (χ1) is 12.3. The highest BCUT2D eigenvalue weighted by molar-refractivity contribution is 6.30. The number of H-pyrrole nitrogens is 1. The summed E-state index contributed by atoms with van der Waals surface area (Å²) in [5.74, 6) is 1.80. The zero-order chi connectivity index (χ0) is 17.1. The lowest BCUT2D eigenvalue weighted by atomic mass is 9.76. The minimum Gasteiger partial charge on any atom is -0.347 e. The van der Waals surface area contributed by atoms with Crippen molar-refractivity contribution >= 4 is 11.6 Å². The van der Waals surface area contributed by atoms with Crippen molar-refractivity contribution in [1.29, 1.82) is 0 Å². The van der Waals surface area contributed by atoms with Gasteiger partial charge in [-0.2, -0.15) is 0 Å². The van der Waals surface area contributed by atoms with Crippen LogP contribution in [0.4, 0.5) is 0 Å². The van der Waals surface area contributed by atoms with Crippen LogP contribution in [0, 0.1) is 11.8 Å². The lowest BCUT2D eigenvalue weighted by Crippen LogP contribution is -2.37. The summed E-state index contributed by atoms with van der Waals surface area (Å²) in [5.41, 5.74) is 2.60. The van der Waals surface area contributed by atoms with Crippen molar-refractivity contribution < 1.29 is 0 Å². The molecule has 1 saturated carbocycles. The van der Waals surface area contributed by atoms with E-state index in [9.17, 15) is 0 Å². The molecule has 3 atom stereocenters. The summed E-state index contributed by atoms with van der Waals surface area (Å²) in [4.78, 5) is 9.97. The molecule has 0 amide bonds. The van der Waals surface area contributed by atoms with Crippen molar-refractivity contribution in [2.75, 3.05) is 13.1 Å². The van der Waals surface area contributed by atoms with E-state index in [2.05, 4.69) is 45.2 Å². The Bertz CT molecular complexity index is 669. The molecule has 1 aromatic carbocycles. The Kier molecular flexibility index (Phi) is 5.42. The zero-order valence-electron chi connectivity index (χ0n) is 14.8.